The van der Waals surface area contributed by atoms with Crippen LogP contribution in [-0.4, -0.2) is 4.98 Å². The molecule has 0 saturated heterocycles. The largest absolute Gasteiger partial charge is 0.257 e. The maximum atomic E-state index is 12.6. The molecule has 1 aromatic rings. The molecule has 0 atom stereocenters. The van der Waals surface area contributed by atoms with Gasteiger partial charge in [-0.05, 0) is 19.1 Å². The van der Waals surface area contributed by atoms with E-state index < -0.39 is 0 Å². The van der Waals surface area contributed by atoms with Gasteiger partial charge < -0.3 is 0 Å². The van der Waals surface area contributed by atoms with Gasteiger partial charge in [-0.15, -0.1) is 0 Å². The van der Waals surface area contributed by atoms with Gasteiger partial charge >= 0.3 is 0 Å². The van der Waals surface area contributed by atoms with Crippen LogP contribution in [0.4, 0.5) is 4.39 Å². The zero-order valence-corrected chi connectivity index (χ0v) is 6.13. The van der Waals surface area contributed by atoms with Crippen molar-refractivity contribution in [3.05, 3.63) is 29.3 Å². The van der Waals surface area contributed by atoms with Crippen LogP contribution in [-0.2, 0) is 6.42 Å². The Hall–Kier alpha value is -1.43. The highest BCUT2D eigenvalue weighted by Gasteiger charge is 1.97. The third-order valence-corrected chi connectivity index (χ3v) is 1.23. The maximum absolute atomic E-state index is 12.6. The van der Waals surface area contributed by atoms with Gasteiger partial charge in [0, 0.05) is 5.69 Å². The van der Waals surface area contributed by atoms with Gasteiger partial charge in [-0.25, -0.2) is 4.39 Å². The minimum atomic E-state index is -0.331. The number of hydrogen-bond donors (Lipinski definition) is 0. The van der Waals surface area contributed by atoms with Crippen molar-refractivity contribution in [2.45, 2.75) is 13.3 Å². The first-order chi connectivity index (χ1) is 5.22. The average Bonchev–Trinajstić information content (AvgIpc) is 1.85. The van der Waals surface area contributed by atoms with E-state index in [1.54, 1.807) is 6.92 Å². The molecular formula is C8H7FN2. The smallest absolute Gasteiger partial charge is 0.126 e. The molecular weight excluding hydrogens is 143 g/mol. The van der Waals surface area contributed by atoms with E-state index in [0.29, 0.717) is 11.4 Å². The van der Waals surface area contributed by atoms with E-state index in [-0.39, 0.29) is 12.2 Å². The van der Waals surface area contributed by atoms with Crippen molar-refractivity contribution in [1.82, 2.24) is 4.98 Å². The van der Waals surface area contributed by atoms with E-state index in [1.165, 1.54) is 12.1 Å². The molecule has 0 unspecified atom stereocenters. The van der Waals surface area contributed by atoms with Crippen molar-refractivity contribution in [3.63, 3.8) is 0 Å². The molecule has 0 fully saturated rings. The summed E-state index contributed by atoms with van der Waals surface area (Å²) in [6, 6.07) is 4.52. The number of nitriles is 1. The molecule has 0 radical (unpaired) electrons. The predicted octanol–water partition coefficient (Wildman–Crippen LogP) is 1.60. The molecule has 56 valence electrons. The summed E-state index contributed by atoms with van der Waals surface area (Å²) in [6.07, 6.45) is 0.165. The molecule has 1 aromatic heterocycles. The fourth-order valence-electron chi connectivity index (χ4n) is 0.863. The standard InChI is InChI=1S/C8H7FN2/c1-6-4-7(9)5-8(11-6)2-3-10/h4-5H,2H2,1H3. The van der Waals surface area contributed by atoms with Crippen LogP contribution in [0.1, 0.15) is 11.4 Å². The summed E-state index contributed by atoms with van der Waals surface area (Å²) in [5, 5.41) is 8.29. The Bertz CT molecular complexity index is 281. The lowest BCUT2D eigenvalue weighted by molar-refractivity contribution is 0.621. The van der Waals surface area contributed by atoms with E-state index in [2.05, 4.69) is 4.98 Å². The molecule has 0 aliphatic rings. The van der Waals surface area contributed by atoms with Crippen LogP contribution in [0.15, 0.2) is 12.1 Å². The molecule has 0 aromatic carbocycles. The summed E-state index contributed by atoms with van der Waals surface area (Å²) in [5.41, 5.74) is 1.10. The summed E-state index contributed by atoms with van der Waals surface area (Å²) in [6.45, 7) is 1.70. The second-order valence-electron chi connectivity index (χ2n) is 2.25. The molecule has 0 N–H and O–H groups in total. The molecule has 11 heavy (non-hydrogen) atoms. The lowest BCUT2D eigenvalue weighted by Crippen LogP contribution is -1.92. The quantitative estimate of drug-likeness (QED) is 0.609. The van der Waals surface area contributed by atoms with E-state index >= 15 is 0 Å². The summed E-state index contributed by atoms with van der Waals surface area (Å²) in [4.78, 5) is 3.96. The Morgan fingerprint density at radius 2 is 2.36 bits per heavy atom. The van der Waals surface area contributed by atoms with Gasteiger partial charge in [0.25, 0.3) is 0 Å². The SMILES string of the molecule is Cc1cc(F)cc(CC#N)n1. The van der Waals surface area contributed by atoms with Crippen molar-refractivity contribution < 1.29 is 4.39 Å². The Balaban J connectivity index is 3.01. The number of aryl methyl sites for hydroxylation is 1. The number of rotatable bonds is 1. The van der Waals surface area contributed by atoms with Gasteiger partial charge in [0.2, 0.25) is 0 Å². The zero-order valence-electron chi connectivity index (χ0n) is 6.13. The van der Waals surface area contributed by atoms with Gasteiger partial charge in [0.05, 0.1) is 18.2 Å². The topological polar surface area (TPSA) is 36.7 Å². The number of pyridine rings is 1. The third-order valence-electron chi connectivity index (χ3n) is 1.23. The fraction of sp³-hybridized carbons (Fsp3) is 0.250. The first-order valence-corrected chi connectivity index (χ1v) is 3.22. The Morgan fingerprint density at radius 3 is 2.91 bits per heavy atom. The van der Waals surface area contributed by atoms with Crippen LogP contribution in [0, 0.1) is 24.1 Å². The Kier molecular flexibility index (Phi) is 2.17. The van der Waals surface area contributed by atoms with Crippen molar-refractivity contribution in [2.75, 3.05) is 0 Å². The molecule has 3 heteroatoms. The molecule has 0 bridgehead atoms. The van der Waals surface area contributed by atoms with Gasteiger partial charge in [0.1, 0.15) is 5.82 Å². The lowest BCUT2D eigenvalue weighted by atomic mass is 10.2. The number of nitrogens with zero attached hydrogens (tertiary/aromatic N) is 2. The highest BCUT2D eigenvalue weighted by molar-refractivity contribution is 5.14. The van der Waals surface area contributed by atoms with Gasteiger partial charge in [-0.3, -0.25) is 4.98 Å². The summed E-state index contributed by atoms with van der Waals surface area (Å²) < 4.78 is 12.6. The maximum Gasteiger partial charge on any atom is 0.126 e. The molecule has 2 nitrogen and oxygen atoms in total. The van der Waals surface area contributed by atoms with Crippen molar-refractivity contribution in [3.8, 4) is 6.07 Å². The molecule has 0 aliphatic carbocycles. The van der Waals surface area contributed by atoms with Crippen LogP contribution < -0.4 is 0 Å². The van der Waals surface area contributed by atoms with Crippen molar-refractivity contribution in [1.29, 1.82) is 5.26 Å². The molecule has 0 spiro atoms. The monoisotopic (exact) mass is 150 g/mol. The highest BCUT2D eigenvalue weighted by atomic mass is 19.1. The Morgan fingerprint density at radius 1 is 1.64 bits per heavy atom. The lowest BCUT2D eigenvalue weighted by Gasteiger charge is -1.96. The van der Waals surface area contributed by atoms with E-state index in [4.69, 9.17) is 5.26 Å². The van der Waals surface area contributed by atoms with Crippen molar-refractivity contribution >= 4 is 0 Å². The molecule has 1 heterocycles. The highest BCUT2D eigenvalue weighted by Crippen LogP contribution is 2.03. The van der Waals surface area contributed by atoms with E-state index in [9.17, 15) is 4.39 Å². The first-order valence-electron chi connectivity index (χ1n) is 3.22. The van der Waals surface area contributed by atoms with Crippen LogP contribution in [0.3, 0.4) is 0 Å². The summed E-state index contributed by atoms with van der Waals surface area (Å²) in [5.74, 6) is -0.331. The minimum absolute atomic E-state index is 0.165. The number of halogens is 1. The Labute approximate surface area is 64.3 Å². The third kappa shape index (κ3) is 2.01. The number of aromatic nitrogens is 1. The summed E-state index contributed by atoms with van der Waals surface area (Å²) in [7, 11) is 0. The van der Waals surface area contributed by atoms with Crippen LogP contribution in [0.25, 0.3) is 0 Å². The first kappa shape index (κ1) is 7.67. The molecule has 0 saturated carbocycles. The van der Waals surface area contributed by atoms with Gasteiger partial charge in [0.15, 0.2) is 0 Å². The second kappa shape index (κ2) is 3.11. The zero-order chi connectivity index (χ0) is 8.27. The molecule has 1 rings (SSSR count). The van der Waals surface area contributed by atoms with Crippen LogP contribution in [0.2, 0.25) is 0 Å². The van der Waals surface area contributed by atoms with Crippen LogP contribution in [0.5, 0.6) is 0 Å². The van der Waals surface area contributed by atoms with Crippen LogP contribution >= 0.6 is 0 Å². The minimum Gasteiger partial charge on any atom is -0.257 e. The average molecular weight is 150 g/mol. The predicted molar refractivity (Wildman–Crippen MR) is 38.2 cm³/mol. The van der Waals surface area contributed by atoms with E-state index in [0.717, 1.165) is 0 Å². The second-order valence-corrected chi connectivity index (χ2v) is 2.25. The van der Waals surface area contributed by atoms with Gasteiger partial charge in [-0.2, -0.15) is 5.26 Å². The molecule has 0 aliphatic heterocycles. The fourth-order valence-corrected chi connectivity index (χ4v) is 0.863. The summed E-state index contributed by atoms with van der Waals surface area (Å²) >= 11 is 0. The normalized spacial score (nSPS) is 9.18. The van der Waals surface area contributed by atoms with Crippen molar-refractivity contribution in [2.24, 2.45) is 0 Å². The number of hydrogen-bond acceptors (Lipinski definition) is 2. The van der Waals surface area contributed by atoms with E-state index in [1.807, 2.05) is 6.07 Å². The molecule has 0 amide bonds. The van der Waals surface area contributed by atoms with Gasteiger partial charge in [-0.1, -0.05) is 0 Å².